The summed E-state index contributed by atoms with van der Waals surface area (Å²) in [5.74, 6) is 1.30. The van der Waals surface area contributed by atoms with Gasteiger partial charge in [-0.05, 0) is 36.8 Å². The van der Waals surface area contributed by atoms with Gasteiger partial charge in [-0.1, -0.05) is 23.4 Å². The van der Waals surface area contributed by atoms with Crippen LogP contribution in [0.3, 0.4) is 0 Å². The summed E-state index contributed by atoms with van der Waals surface area (Å²) in [4.78, 5) is 16.7. The topological polar surface area (TPSA) is 92.3 Å². The Morgan fingerprint density at radius 2 is 1.86 bits per heavy atom. The van der Waals surface area contributed by atoms with E-state index in [0.717, 1.165) is 11.3 Å². The van der Waals surface area contributed by atoms with Gasteiger partial charge in [-0.15, -0.1) is 0 Å². The number of rotatable bonds is 5. The van der Waals surface area contributed by atoms with E-state index in [1.807, 2.05) is 31.2 Å². The van der Waals surface area contributed by atoms with Crippen LogP contribution in [0, 0.1) is 6.92 Å². The maximum Gasteiger partial charge on any atom is 0.282 e. The predicted octanol–water partition coefficient (Wildman–Crippen LogP) is 3.28. The quantitative estimate of drug-likeness (QED) is 0.516. The predicted molar refractivity (Wildman–Crippen MR) is 106 cm³/mol. The highest BCUT2D eigenvalue weighted by Gasteiger charge is 2.20. The molecule has 4 aromatic rings. The Balaban J connectivity index is 1.78. The highest BCUT2D eigenvalue weighted by molar-refractivity contribution is 5.69. The number of nitrogens with zero attached hydrogens (tertiary/aromatic N) is 4. The number of ether oxygens (including phenoxy) is 2. The second-order valence-corrected chi connectivity index (χ2v) is 6.28. The van der Waals surface area contributed by atoms with Crippen molar-refractivity contribution in [3.05, 3.63) is 70.5 Å². The van der Waals surface area contributed by atoms with Gasteiger partial charge in [-0.2, -0.15) is 10.1 Å². The molecule has 0 saturated carbocycles. The van der Waals surface area contributed by atoms with E-state index in [1.54, 1.807) is 36.2 Å². The van der Waals surface area contributed by atoms with Gasteiger partial charge in [0.2, 0.25) is 11.3 Å². The van der Waals surface area contributed by atoms with Crippen molar-refractivity contribution in [2.75, 3.05) is 14.2 Å². The Hall–Kier alpha value is -3.94. The lowest BCUT2D eigenvalue weighted by molar-refractivity contribution is 0.355. The van der Waals surface area contributed by atoms with Gasteiger partial charge >= 0.3 is 0 Å². The summed E-state index contributed by atoms with van der Waals surface area (Å²) in [7, 11) is 3.08. The molecule has 0 spiro atoms. The molecule has 2 aromatic carbocycles. The molecular weight excluding hydrogens is 372 g/mol. The SMILES string of the molecule is COc1cccc(-c2noc(-c3nn(-c4cccc(C)c4)ccc3=O)n2)c1OC. The van der Waals surface area contributed by atoms with Gasteiger partial charge in [-0.3, -0.25) is 4.79 Å². The van der Waals surface area contributed by atoms with Crippen molar-refractivity contribution < 1.29 is 14.0 Å². The lowest BCUT2D eigenvalue weighted by atomic mass is 10.1. The van der Waals surface area contributed by atoms with Crippen LogP contribution in [0.4, 0.5) is 0 Å². The molecule has 0 N–H and O–H groups in total. The molecule has 4 rings (SSSR count). The molecule has 0 amide bonds. The average Bonchev–Trinajstić information content (AvgIpc) is 3.23. The van der Waals surface area contributed by atoms with Crippen LogP contribution in [0.1, 0.15) is 5.56 Å². The molecule has 8 nitrogen and oxygen atoms in total. The van der Waals surface area contributed by atoms with Crippen LogP contribution in [0.15, 0.2) is 64.0 Å². The Bertz CT molecular complexity index is 1230. The minimum absolute atomic E-state index is 0.0249. The Morgan fingerprint density at radius 1 is 1.03 bits per heavy atom. The number of benzene rings is 2. The van der Waals surface area contributed by atoms with Gasteiger partial charge in [0.15, 0.2) is 17.2 Å². The molecule has 0 radical (unpaired) electrons. The van der Waals surface area contributed by atoms with Crippen LogP contribution in [0.2, 0.25) is 0 Å². The van der Waals surface area contributed by atoms with E-state index >= 15 is 0 Å². The number of methoxy groups -OCH3 is 2. The highest BCUT2D eigenvalue weighted by Crippen LogP contribution is 2.36. The monoisotopic (exact) mass is 390 g/mol. The molecule has 8 heteroatoms. The van der Waals surface area contributed by atoms with Gasteiger partial charge < -0.3 is 14.0 Å². The van der Waals surface area contributed by atoms with E-state index in [9.17, 15) is 4.79 Å². The van der Waals surface area contributed by atoms with E-state index in [2.05, 4.69) is 15.2 Å². The first-order valence-electron chi connectivity index (χ1n) is 8.83. The second-order valence-electron chi connectivity index (χ2n) is 6.28. The largest absolute Gasteiger partial charge is 0.493 e. The van der Waals surface area contributed by atoms with Gasteiger partial charge in [0.1, 0.15) is 0 Å². The van der Waals surface area contributed by atoms with Crippen LogP contribution in [-0.4, -0.2) is 34.1 Å². The molecule has 2 aromatic heterocycles. The number of aryl methyl sites for hydroxylation is 1. The third kappa shape index (κ3) is 3.47. The minimum atomic E-state index is -0.318. The summed E-state index contributed by atoms with van der Waals surface area (Å²) >= 11 is 0. The smallest absolute Gasteiger partial charge is 0.282 e. The van der Waals surface area contributed by atoms with Crippen molar-refractivity contribution in [2.45, 2.75) is 6.92 Å². The van der Waals surface area contributed by atoms with Gasteiger partial charge in [-0.25, -0.2) is 4.68 Å². The van der Waals surface area contributed by atoms with Crippen LogP contribution in [-0.2, 0) is 0 Å². The molecule has 0 saturated heterocycles. The van der Waals surface area contributed by atoms with E-state index in [1.165, 1.54) is 13.2 Å². The first kappa shape index (κ1) is 18.4. The van der Waals surface area contributed by atoms with Crippen LogP contribution < -0.4 is 14.9 Å². The molecule has 0 aliphatic rings. The fourth-order valence-corrected chi connectivity index (χ4v) is 2.96. The summed E-state index contributed by atoms with van der Waals surface area (Å²) < 4.78 is 17.7. The summed E-state index contributed by atoms with van der Waals surface area (Å²) in [6.45, 7) is 1.98. The molecule has 2 heterocycles. The Morgan fingerprint density at radius 3 is 2.62 bits per heavy atom. The van der Waals surface area contributed by atoms with Crippen LogP contribution in [0.25, 0.3) is 28.7 Å². The van der Waals surface area contributed by atoms with Crippen molar-refractivity contribution in [1.82, 2.24) is 19.9 Å². The van der Waals surface area contributed by atoms with Crippen molar-refractivity contribution >= 4 is 0 Å². The Kier molecular flexibility index (Phi) is 4.82. The van der Waals surface area contributed by atoms with E-state index in [4.69, 9.17) is 14.0 Å². The van der Waals surface area contributed by atoms with Gasteiger partial charge in [0.05, 0.1) is 25.5 Å². The highest BCUT2D eigenvalue weighted by atomic mass is 16.5. The molecule has 29 heavy (non-hydrogen) atoms. The van der Waals surface area contributed by atoms with Crippen molar-refractivity contribution in [1.29, 1.82) is 0 Å². The summed E-state index contributed by atoms with van der Waals surface area (Å²) in [5.41, 5.74) is 2.23. The maximum atomic E-state index is 12.4. The average molecular weight is 390 g/mol. The molecule has 0 bridgehead atoms. The molecule has 0 fully saturated rings. The van der Waals surface area contributed by atoms with Gasteiger partial charge in [0, 0.05) is 12.3 Å². The standard InChI is InChI=1S/C21H18N4O4/c1-13-6-4-7-14(12-13)25-11-10-16(26)18(23-25)21-22-20(24-29-21)15-8-5-9-17(27-2)19(15)28-3/h4-12H,1-3H3. The van der Waals surface area contributed by atoms with E-state index in [0.29, 0.717) is 17.1 Å². The number of aromatic nitrogens is 4. The van der Waals surface area contributed by atoms with Crippen molar-refractivity contribution in [3.63, 3.8) is 0 Å². The lowest BCUT2D eigenvalue weighted by Crippen LogP contribution is -2.12. The lowest BCUT2D eigenvalue weighted by Gasteiger charge is -2.09. The van der Waals surface area contributed by atoms with Crippen molar-refractivity contribution in [2.24, 2.45) is 0 Å². The normalized spacial score (nSPS) is 10.7. The number of para-hydroxylation sites is 1. The number of hydrogen-bond acceptors (Lipinski definition) is 7. The van der Waals surface area contributed by atoms with E-state index < -0.39 is 0 Å². The summed E-state index contributed by atoms with van der Waals surface area (Å²) in [6.07, 6.45) is 1.60. The van der Waals surface area contributed by atoms with Crippen LogP contribution >= 0.6 is 0 Å². The van der Waals surface area contributed by atoms with Gasteiger partial charge in [0.25, 0.3) is 5.89 Å². The minimum Gasteiger partial charge on any atom is -0.493 e. The summed E-state index contributed by atoms with van der Waals surface area (Å²) in [6, 6.07) is 14.5. The molecule has 0 unspecified atom stereocenters. The molecular formula is C21H18N4O4. The fourth-order valence-electron chi connectivity index (χ4n) is 2.96. The molecule has 0 aliphatic heterocycles. The van der Waals surface area contributed by atoms with Crippen LogP contribution in [0.5, 0.6) is 11.5 Å². The van der Waals surface area contributed by atoms with E-state index in [-0.39, 0.29) is 22.8 Å². The Labute approximate surface area is 166 Å². The first-order chi connectivity index (χ1) is 14.1. The molecule has 0 aliphatic carbocycles. The zero-order valence-electron chi connectivity index (χ0n) is 16.1. The second kappa shape index (κ2) is 7.59. The number of hydrogen-bond donors (Lipinski definition) is 0. The fraction of sp³-hybridized carbons (Fsp3) is 0.143. The third-order valence-corrected chi connectivity index (χ3v) is 4.35. The third-order valence-electron chi connectivity index (χ3n) is 4.35. The van der Waals surface area contributed by atoms with Crippen molar-refractivity contribution in [3.8, 4) is 40.2 Å². The maximum absolute atomic E-state index is 12.4. The first-order valence-corrected chi connectivity index (χ1v) is 8.83. The molecule has 0 atom stereocenters. The summed E-state index contributed by atoms with van der Waals surface area (Å²) in [5, 5.41) is 8.38. The zero-order chi connectivity index (χ0) is 20.4. The molecule has 146 valence electrons. The zero-order valence-corrected chi connectivity index (χ0v) is 16.1.